The number of carbonyl (C=O) groups excluding carboxylic acids is 1. The van der Waals surface area contributed by atoms with Crippen LogP contribution in [0.15, 0.2) is 42.5 Å². The molecule has 1 atom stereocenters. The molecule has 132 valence electrons. The van der Waals surface area contributed by atoms with E-state index in [0.29, 0.717) is 13.2 Å². The van der Waals surface area contributed by atoms with Gasteiger partial charge in [-0.05, 0) is 42.0 Å². The largest absolute Gasteiger partial charge is 0.491 e. The second-order valence-corrected chi connectivity index (χ2v) is 6.07. The molecule has 2 aromatic carbocycles. The maximum Gasteiger partial charge on any atom is 0.405 e. The Bertz CT molecular complexity index is 744. The third-order valence-corrected chi connectivity index (χ3v) is 4.40. The zero-order valence-corrected chi connectivity index (χ0v) is 14.4. The van der Waals surface area contributed by atoms with E-state index in [1.165, 1.54) is 5.56 Å². The van der Waals surface area contributed by atoms with Gasteiger partial charge in [0.1, 0.15) is 18.5 Å². The minimum absolute atomic E-state index is 0.247. The summed E-state index contributed by atoms with van der Waals surface area (Å²) in [5.74, 6) is 0.834. The lowest BCUT2D eigenvalue weighted by molar-refractivity contribution is 0.0959. The fraction of sp³-hybridized carbons (Fsp3) is 0.350. The Morgan fingerprint density at radius 1 is 1.20 bits per heavy atom. The van der Waals surface area contributed by atoms with Gasteiger partial charge >= 0.3 is 6.09 Å². The van der Waals surface area contributed by atoms with E-state index < -0.39 is 6.09 Å². The number of para-hydroxylation sites is 1. The van der Waals surface area contributed by atoms with Crippen molar-refractivity contribution in [2.24, 2.45) is 5.73 Å². The van der Waals surface area contributed by atoms with E-state index in [2.05, 4.69) is 6.07 Å². The molecule has 0 saturated carbocycles. The SMILES string of the molecule is COCCOc1ccccc1-c1ccc2c(c1)CCCC2OC(N)=O. The number of ether oxygens (including phenoxy) is 3. The third-order valence-electron chi connectivity index (χ3n) is 4.40. The van der Waals surface area contributed by atoms with Crippen LogP contribution in [0.1, 0.15) is 30.1 Å². The molecule has 1 unspecified atom stereocenters. The van der Waals surface area contributed by atoms with E-state index in [9.17, 15) is 4.79 Å². The number of hydrogen-bond acceptors (Lipinski definition) is 4. The Morgan fingerprint density at radius 3 is 2.84 bits per heavy atom. The molecule has 0 saturated heterocycles. The van der Waals surface area contributed by atoms with Gasteiger partial charge < -0.3 is 19.9 Å². The monoisotopic (exact) mass is 341 g/mol. The summed E-state index contributed by atoms with van der Waals surface area (Å²) in [5, 5.41) is 0. The second kappa shape index (κ2) is 8.03. The first kappa shape index (κ1) is 17.3. The number of carbonyl (C=O) groups is 1. The lowest BCUT2D eigenvalue weighted by Gasteiger charge is -2.25. The fourth-order valence-electron chi connectivity index (χ4n) is 3.27. The van der Waals surface area contributed by atoms with Gasteiger partial charge in [-0.25, -0.2) is 4.79 Å². The summed E-state index contributed by atoms with van der Waals surface area (Å²) in [6.45, 7) is 1.05. The van der Waals surface area contributed by atoms with Gasteiger partial charge in [0.15, 0.2) is 0 Å². The van der Waals surface area contributed by atoms with Crippen LogP contribution in [0.2, 0.25) is 0 Å². The van der Waals surface area contributed by atoms with Gasteiger partial charge in [0.05, 0.1) is 6.61 Å². The van der Waals surface area contributed by atoms with Crippen molar-refractivity contribution in [2.75, 3.05) is 20.3 Å². The van der Waals surface area contributed by atoms with Crippen LogP contribution in [-0.4, -0.2) is 26.4 Å². The Morgan fingerprint density at radius 2 is 2.04 bits per heavy atom. The molecule has 5 nitrogen and oxygen atoms in total. The van der Waals surface area contributed by atoms with Crippen LogP contribution >= 0.6 is 0 Å². The average molecular weight is 341 g/mol. The standard InChI is InChI=1S/C20H23NO4/c1-23-11-12-24-18-7-3-2-6-16(18)15-9-10-17-14(13-15)5-4-8-19(17)25-20(21)22/h2-3,6-7,9-10,13,19H,4-5,8,11-12H2,1H3,(H2,21,22). The highest BCUT2D eigenvalue weighted by molar-refractivity contribution is 5.72. The topological polar surface area (TPSA) is 70.8 Å². The van der Waals surface area contributed by atoms with Gasteiger partial charge in [0.25, 0.3) is 0 Å². The minimum Gasteiger partial charge on any atom is -0.491 e. The zero-order chi connectivity index (χ0) is 17.6. The molecule has 0 heterocycles. The Balaban J connectivity index is 1.88. The Kier molecular flexibility index (Phi) is 5.56. The summed E-state index contributed by atoms with van der Waals surface area (Å²) in [6.07, 6.45) is 1.78. The lowest BCUT2D eigenvalue weighted by Crippen LogP contribution is -2.20. The van der Waals surface area contributed by atoms with Gasteiger partial charge in [0.2, 0.25) is 0 Å². The molecule has 1 aliphatic rings. The number of benzene rings is 2. The van der Waals surface area contributed by atoms with Crippen molar-refractivity contribution in [3.8, 4) is 16.9 Å². The van der Waals surface area contributed by atoms with Crippen LogP contribution in [0.4, 0.5) is 4.79 Å². The number of aryl methyl sites for hydroxylation is 1. The molecule has 2 aromatic rings. The summed E-state index contributed by atoms with van der Waals surface area (Å²) in [7, 11) is 1.66. The van der Waals surface area contributed by atoms with E-state index in [4.69, 9.17) is 19.9 Å². The van der Waals surface area contributed by atoms with Crippen molar-refractivity contribution >= 4 is 6.09 Å². The first-order valence-electron chi connectivity index (χ1n) is 8.49. The molecular formula is C20H23NO4. The van der Waals surface area contributed by atoms with Crippen molar-refractivity contribution in [2.45, 2.75) is 25.4 Å². The summed E-state index contributed by atoms with van der Waals surface area (Å²) in [4.78, 5) is 11.1. The fourth-order valence-corrected chi connectivity index (χ4v) is 3.27. The van der Waals surface area contributed by atoms with Gasteiger partial charge in [-0.3, -0.25) is 0 Å². The molecule has 0 radical (unpaired) electrons. The number of amides is 1. The molecule has 0 fully saturated rings. The first-order chi connectivity index (χ1) is 12.2. The third kappa shape index (κ3) is 4.12. The quantitative estimate of drug-likeness (QED) is 0.810. The maximum absolute atomic E-state index is 11.1. The summed E-state index contributed by atoms with van der Waals surface area (Å²) >= 11 is 0. The van der Waals surface area contributed by atoms with Crippen molar-refractivity contribution in [3.63, 3.8) is 0 Å². The summed E-state index contributed by atoms with van der Waals surface area (Å²) < 4.78 is 16.1. The lowest BCUT2D eigenvalue weighted by atomic mass is 9.87. The van der Waals surface area contributed by atoms with Crippen molar-refractivity contribution in [1.82, 2.24) is 0 Å². The number of nitrogens with two attached hydrogens (primary N) is 1. The number of methoxy groups -OCH3 is 1. The molecule has 0 spiro atoms. The van der Waals surface area contributed by atoms with Gasteiger partial charge in [0, 0.05) is 12.7 Å². The van der Waals surface area contributed by atoms with Crippen molar-refractivity contribution in [3.05, 3.63) is 53.6 Å². The molecule has 1 aliphatic carbocycles. The van der Waals surface area contributed by atoms with Gasteiger partial charge in [-0.2, -0.15) is 0 Å². The van der Waals surface area contributed by atoms with Crippen LogP contribution in [-0.2, 0) is 15.9 Å². The molecule has 0 aromatic heterocycles. The molecular weight excluding hydrogens is 318 g/mol. The highest BCUT2D eigenvalue weighted by atomic mass is 16.6. The maximum atomic E-state index is 11.1. The van der Waals surface area contributed by atoms with E-state index in [-0.39, 0.29) is 6.10 Å². The van der Waals surface area contributed by atoms with E-state index in [0.717, 1.165) is 41.7 Å². The number of fused-ring (bicyclic) bond motifs is 1. The van der Waals surface area contributed by atoms with E-state index in [1.807, 2.05) is 36.4 Å². The predicted octanol–water partition coefficient (Wildman–Crippen LogP) is 3.85. The minimum atomic E-state index is -0.723. The molecule has 0 bridgehead atoms. The highest BCUT2D eigenvalue weighted by Crippen LogP contribution is 2.37. The molecule has 5 heteroatoms. The Labute approximate surface area is 147 Å². The van der Waals surface area contributed by atoms with E-state index >= 15 is 0 Å². The van der Waals surface area contributed by atoms with Crippen LogP contribution in [0.5, 0.6) is 5.75 Å². The normalized spacial score (nSPS) is 16.1. The molecule has 1 amide bonds. The molecule has 0 aliphatic heterocycles. The average Bonchev–Trinajstić information content (AvgIpc) is 2.62. The smallest absolute Gasteiger partial charge is 0.405 e. The number of primary amides is 1. The van der Waals surface area contributed by atoms with Crippen LogP contribution < -0.4 is 10.5 Å². The van der Waals surface area contributed by atoms with Crippen molar-refractivity contribution in [1.29, 1.82) is 0 Å². The van der Waals surface area contributed by atoms with Crippen molar-refractivity contribution < 1.29 is 19.0 Å². The molecule has 3 rings (SSSR count). The van der Waals surface area contributed by atoms with Gasteiger partial charge in [-0.15, -0.1) is 0 Å². The number of hydrogen-bond donors (Lipinski definition) is 1. The second-order valence-electron chi connectivity index (χ2n) is 6.07. The number of rotatable bonds is 6. The zero-order valence-electron chi connectivity index (χ0n) is 14.4. The molecule has 25 heavy (non-hydrogen) atoms. The predicted molar refractivity (Wildman–Crippen MR) is 95.6 cm³/mol. The van der Waals surface area contributed by atoms with Crippen LogP contribution in [0, 0.1) is 0 Å². The Hall–Kier alpha value is -2.53. The first-order valence-corrected chi connectivity index (χ1v) is 8.49. The summed E-state index contributed by atoms with van der Waals surface area (Å²) in [5.41, 5.74) is 9.57. The van der Waals surface area contributed by atoms with E-state index in [1.54, 1.807) is 7.11 Å². The van der Waals surface area contributed by atoms with Crippen LogP contribution in [0.25, 0.3) is 11.1 Å². The highest BCUT2D eigenvalue weighted by Gasteiger charge is 2.23. The summed E-state index contributed by atoms with van der Waals surface area (Å²) in [6, 6.07) is 14.2. The van der Waals surface area contributed by atoms with Crippen LogP contribution in [0.3, 0.4) is 0 Å². The van der Waals surface area contributed by atoms with Gasteiger partial charge in [-0.1, -0.05) is 36.4 Å². The molecule has 2 N–H and O–H groups in total.